The van der Waals surface area contributed by atoms with Crippen LogP contribution >= 0.6 is 0 Å². The van der Waals surface area contributed by atoms with Crippen molar-refractivity contribution < 1.29 is 24.2 Å². The Bertz CT molecular complexity index is 956. The normalized spacial score (nSPS) is 10.1. The van der Waals surface area contributed by atoms with Crippen molar-refractivity contribution in [2.24, 2.45) is 0 Å². The second-order valence-corrected chi connectivity index (χ2v) is 5.31. The topological polar surface area (TPSA) is 111 Å². The molecule has 0 atom stereocenters. The van der Waals surface area contributed by atoms with Crippen LogP contribution in [-0.2, 0) is 0 Å². The van der Waals surface area contributed by atoms with Gasteiger partial charge in [0.25, 0.3) is 5.91 Å². The molecule has 8 nitrogen and oxygen atoms in total. The third-order valence-corrected chi connectivity index (χ3v) is 3.52. The van der Waals surface area contributed by atoms with Gasteiger partial charge in [-0.25, -0.2) is 14.8 Å². The Balaban J connectivity index is 1.68. The largest absolute Gasteiger partial charge is 0.497 e. The zero-order valence-electron chi connectivity index (χ0n) is 14.2. The number of hydrogen-bond donors (Lipinski definition) is 2. The van der Waals surface area contributed by atoms with Gasteiger partial charge in [0.2, 0.25) is 0 Å². The molecule has 2 aromatic carbocycles. The van der Waals surface area contributed by atoms with Crippen LogP contribution in [0.5, 0.6) is 17.2 Å². The monoisotopic (exact) mass is 365 g/mol. The highest BCUT2D eigenvalue weighted by Gasteiger charge is 2.19. The third kappa shape index (κ3) is 4.37. The Morgan fingerprint density at radius 2 is 1.37 bits per heavy atom. The van der Waals surface area contributed by atoms with Gasteiger partial charge < -0.3 is 19.9 Å². The Morgan fingerprint density at radius 3 is 1.93 bits per heavy atom. The molecule has 0 aliphatic rings. The smallest absolute Gasteiger partial charge is 0.356 e. The lowest BCUT2D eigenvalue weighted by Crippen LogP contribution is -2.19. The van der Waals surface area contributed by atoms with Gasteiger partial charge in [0, 0.05) is 18.1 Å². The number of rotatable bonds is 6. The van der Waals surface area contributed by atoms with Crippen molar-refractivity contribution in [3.05, 3.63) is 72.3 Å². The summed E-state index contributed by atoms with van der Waals surface area (Å²) in [6, 6.07) is 13.7. The molecule has 3 rings (SSSR count). The number of ether oxygens (including phenoxy) is 2. The van der Waals surface area contributed by atoms with Gasteiger partial charge >= 0.3 is 5.97 Å². The van der Waals surface area contributed by atoms with Crippen LogP contribution in [0.2, 0.25) is 0 Å². The van der Waals surface area contributed by atoms with Crippen molar-refractivity contribution in [3.8, 4) is 17.2 Å². The summed E-state index contributed by atoms with van der Waals surface area (Å²) in [6.07, 6.45) is 2.47. The predicted octanol–water partition coefficient (Wildman–Crippen LogP) is 3.23. The van der Waals surface area contributed by atoms with Gasteiger partial charge in [-0.05, 0) is 48.5 Å². The molecule has 8 heteroatoms. The number of aromatic nitrogens is 2. The Kier molecular flexibility index (Phi) is 5.27. The SMILES string of the molecule is COc1ccc(Oc2ccc(NC(=O)c3nccnc3C(=O)O)cc2)cc1. The molecule has 0 saturated heterocycles. The zero-order chi connectivity index (χ0) is 19.2. The van der Waals surface area contributed by atoms with Gasteiger partial charge in [-0.15, -0.1) is 0 Å². The maximum atomic E-state index is 12.3. The summed E-state index contributed by atoms with van der Waals surface area (Å²) in [4.78, 5) is 30.8. The Labute approximate surface area is 154 Å². The summed E-state index contributed by atoms with van der Waals surface area (Å²) in [5, 5.41) is 11.7. The molecule has 1 heterocycles. The van der Waals surface area contributed by atoms with Crippen LogP contribution in [0, 0.1) is 0 Å². The molecule has 136 valence electrons. The number of anilines is 1. The van der Waals surface area contributed by atoms with E-state index in [0.717, 1.165) is 5.75 Å². The minimum atomic E-state index is -1.32. The lowest BCUT2D eigenvalue weighted by atomic mass is 10.2. The second kappa shape index (κ2) is 7.96. The summed E-state index contributed by atoms with van der Waals surface area (Å²) in [7, 11) is 1.59. The summed E-state index contributed by atoms with van der Waals surface area (Å²) < 4.78 is 10.8. The molecule has 0 aliphatic heterocycles. The molecule has 0 bridgehead atoms. The maximum absolute atomic E-state index is 12.3. The van der Waals surface area contributed by atoms with Crippen molar-refractivity contribution in [2.45, 2.75) is 0 Å². The molecule has 0 saturated carbocycles. The van der Waals surface area contributed by atoms with E-state index in [0.29, 0.717) is 17.2 Å². The second-order valence-electron chi connectivity index (χ2n) is 5.31. The fraction of sp³-hybridized carbons (Fsp3) is 0.0526. The van der Waals surface area contributed by atoms with E-state index < -0.39 is 17.6 Å². The molecule has 27 heavy (non-hydrogen) atoms. The average molecular weight is 365 g/mol. The van der Waals surface area contributed by atoms with Crippen LogP contribution in [0.1, 0.15) is 21.0 Å². The van der Waals surface area contributed by atoms with E-state index in [-0.39, 0.29) is 5.69 Å². The average Bonchev–Trinajstić information content (AvgIpc) is 2.70. The summed E-state index contributed by atoms with van der Waals surface area (Å²) in [5.74, 6) is -0.0481. The van der Waals surface area contributed by atoms with E-state index in [1.165, 1.54) is 12.4 Å². The van der Waals surface area contributed by atoms with Gasteiger partial charge in [0.15, 0.2) is 11.4 Å². The highest BCUT2D eigenvalue weighted by Crippen LogP contribution is 2.25. The van der Waals surface area contributed by atoms with Crippen LogP contribution in [0.15, 0.2) is 60.9 Å². The lowest BCUT2D eigenvalue weighted by Gasteiger charge is -2.09. The number of amides is 1. The maximum Gasteiger partial charge on any atom is 0.356 e. The highest BCUT2D eigenvalue weighted by atomic mass is 16.5. The summed E-state index contributed by atoms with van der Waals surface area (Å²) >= 11 is 0. The number of nitrogens with one attached hydrogen (secondary N) is 1. The van der Waals surface area contributed by atoms with E-state index in [2.05, 4.69) is 15.3 Å². The molecular formula is C19H15N3O5. The first-order valence-corrected chi connectivity index (χ1v) is 7.84. The van der Waals surface area contributed by atoms with Crippen molar-refractivity contribution in [1.82, 2.24) is 9.97 Å². The van der Waals surface area contributed by atoms with Gasteiger partial charge in [-0.2, -0.15) is 0 Å². The number of aromatic carboxylic acids is 1. The van der Waals surface area contributed by atoms with Gasteiger partial charge in [0.1, 0.15) is 17.2 Å². The highest BCUT2D eigenvalue weighted by molar-refractivity contribution is 6.08. The number of hydrogen-bond acceptors (Lipinski definition) is 6. The minimum absolute atomic E-state index is 0.261. The number of carbonyl (C=O) groups is 2. The number of methoxy groups -OCH3 is 1. The zero-order valence-corrected chi connectivity index (χ0v) is 14.2. The number of nitrogens with zero attached hydrogens (tertiary/aromatic N) is 2. The molecule has 1 aromatic heterocycles. The first kappa shape index (κ1) is 17.9. The molecule has 1 amide bonds. The van der Waals surface area contributed by atoms with Crippen LogP contribution in [0.3, 0.4) is 0 Å². The van der Waals surface area contributed by atoms with Gasteiger partial charge in [-0.3, -0.25) is 4.79 Å². The van der Waals surface area contributed by atoms with Gasteiger partial charge in [0.05, 0.1) is 7.11 Å². The molecule has 2 N–H and O–H groups in total. The lowest BCUT2D eigenvalue weighted by molar-refractivity contribution is 0.0685. The Morgan fingerprint density at radius 1 is 0.852 bits per heavy atom. The molecule has 3 aromatic rings. The first-order valence-electron chi connectivity index (χ1n) is 7.84. The molecule has 0 unspecified atom stereocenters. The van der Waals surface area contributed by atoms with Crippen LogP contribution in [0.25, 0.3) is 0 Å². The molecule has 0 spiro atoms. The minimum Gasteiger partial charge on any atom is -0.497 e. The van der Waals surface area contributed by atoms with Crippen LogP contribution in [-0.4, -0.2) is 34.1 Å². The van der Waals surface area contributed by atoms with E-state index in [9.17, 15) is 9.59 Å². The van der Waals surface area contributed by atoms with Crippen LogP contribution < -0.4 is 14.8 Å². The molecule has 0 aliphatic carbocycles. The van der Waals surface area contributed by atoms with E-state index in [1.807, 2.05) is 0 Å². The fourth-order valence-electron chi connectivity index (χ4n) is 2.24. The van der Waals surface area contributed by atoms with E-state index in [1.54, 1.807) is 55.6 Å². The molecular weight excluding hydrogens is 350 g/mol. The summed E-state index contributed by atoms with van der Waals surface area (Å²) in [6.45, 7) is 0. The van der Waals surface area contributed by atoms with Crippen molar-refractivity contribution in [2.75, 3.05) is 12.4 Å². The first-order chi connectivity index (χ1) is 13.1. The standard InChI is InChI=1S/C19H15N3O5/c1-26-13-6-8-15(9-7-13)27-14-4-2-12(3-5-14)22-18(23)16-17(19(24)25)21-11-10-20-16/h2-11H,1H3,(H,22,23)(H,24,25). The summed E-state index contributed by atoms with van der Waals surface area (Å²) in [5.41, 5.74) is -0.206. The molecule has 0 fully saturated rings. The van der Waals surface area contributed by atoms with Gasteiger partial charge in [-0.1, -0.05) is 0 Å². The van der Waals surface area contributed by atoms with Crippen molar-refractivity contribution in [3.63, 3.8) is 0 Å². The van der Waals surface area contributed by atoms with Crippen molar-refractivity contribution >= 4 is 17.6 Å². The molecule has 0 radical (unpaired) electrons. The fourth-order valence-corrected chi connectivity index (χ4v) is 2.24. The number of carbonyl (C=O) groups excluding carboxylic acids is 1. The quantitative estimate of drug-likeness (QED) is 0.690. The van der Waals surface area contributed by atoms with E-state index >= 15 is 0 Å². The number of carboxylic acids is 1. The predicted molar refractivity (Wildman–Crippen MR) is 96.5 cm³/mol. The van der Waals surface area contributed by atoms with E-state index in [4.69, 9.17) is 14.6 Å². The third-order valence-electron chi connectivity index (χ3n) is 3.52. The number of carboxylic acid groups (broad SMARTS) is 1. The van der Waals surface area contributed by atoms with Crippen LogP contribution in [0.4, 0.5) is 5.69 Å². The number of benzene rings is 2. The Hall–Kier alpha value is -3.94. The van der Waals surface area contributed by atoms with Crippen molar-refractivity contribution in [1.29, 1.82) is 0 Å².